The first-order valence-corrected chi connectivity index (χ1v) is 5.70. The number of hydrogen-bond acceptors (Lipinski definition) is 2. The fraction of sp³-hybridized carbons (Fsp3) is 0.0769. The third-order valence-electron chi connectivity index (χ3n) is 2.94. The van der Waals surface area contributed by atoms with Gasteiger partial charge in [0.25, 0.3) is 0 Å². The average molecular weight is 279 g/mol. The van der Waals surface area contributed by atoms with Gasteiger partial charge in [-0.2, -0.15) is 13.2 Å². The Morgan fingerprint density at radius 3 is 2.65 bits per heavy atom. The standard InChI is InChI=1S/C13H8F3N3O/c14-13(15,16)8-5-6-17-7-11(8)19-10-4-2-1-3-9(10)18-12(19)20/h1-7H,(H,18,20). The van der Waals surface area contributed by atoms with E-state index in [0.29, 0.717) is 11.0 Å². The van der Waals surface area contributed by atoms with Gasteiger partial charge in [-0.05, 0) is 18.2 Å². The zero-order chi connectivity index (χ0) is 14.3. The van der Waals surface area contributed by atoms with Crippen molar-refractivity contribution < 1.29 is 13.2 Å². The molecule has 20 heavy (non-hydrogen) atoms. The van der Waals surface area contributed by atoms with E-state index in [1.807, 2.05) is 0 Å². The summed E-state index contributed by atoms with van der Waals surface area (Å²) in [6.45, 7) is 0. The number of pyridine rings is 1. The fourth-order valence-corrected chi connectivity index (χ4v) is 2.10. The van der Waals surface area contributed by atoms with Crippen LogP contribution >= 0.6 is 0 Å². The van der Waals surface area contributed by atoms with E-state index in [0.717, 1.165) is 23.0 Å². The summed E-state index contributed by atoms with van der Waals surface area (Å²) in [6, 6.07) is 7.38. The molecule has 0 atom stereocenters. The Bertz CT molecular complexity index is 832. The van der Waals surface area contributed by atoms with E-state index in [4.69, 9.17) is 0 Å². The van der Waals surface area contributed by atoms with Crippen LogP contribution in [0.2, 0.25) is 0 Å². The van der Waals surface area contributed by atoms with Crippen molar-refractivity contribution in [2.24, 2.45) is 0 Å². The topological polar surface area (TPSA) is 50.7 Å². The lowest BCUT2D eigenvalue weighted by molar-refractivity contribution is -0.137. The molecule has 3 rings (SSSR count). The molecule has 4 nitrogen and oxygen atoms in total. The van der Waals surface area contributed by atoms with E-state index in [1.54, 1.807) is 24.3 Å². The van der Waals surface area contributed by atoms with Gasteiger partial charge in [-0.15, -0.1) is 0 Å². The molecule has 2 aromatic heterocycles. The lowest BCUT2D eigenvalue weighted by atomic mass is 10.2. The number of halogens is 3. The summed E-state index contributed by atoms with van der Waals surface area (Å²) >= 11 is 0. The quantitative estimate of drug-likeness (QED) is 0.744. The number of aromatic nitrogens is 3. The van der Waals surface area contributed by atoms with Crippen molar-refractivity contribution in [1.82, 2.24) is 14.5 Å². The average Bonchev–Trinajstić information content (AvgIpc) is 2.73. The van der Waals surface area contributed by atoms with Gasteiger partial charge in [0.1, 0.15) is 0 Å². The monoisotopic (exact) mass is 279 g/mol. The van der Waals surface area contributed by atoms with Crippen LogP contribution in [0.1, 0.15) is 5.56 Å². The van der Waals surface area contributed by atoms with E-state index in [9.17, 15) is 18.0 Å². The summed E-state index contributed by atoms with van der Waals surface area (Å²) in [5.41, 5.74) is -0.989. The molecule has 0 saturated heterocycles. The third kappa shape index (κ3) is 1.87. The Labute approximate surface area is 110 Å². The number of benzene rings is 1. The van der Waals surface area contributed by atoms with E-state index < -0.39 is 17.4 Å². The first kappa shape index (κ1) is 12.5. The van der Waals surface area contributed by atoms with Gasteiger partial charge in [-0.25, -0.2) is 4.79 Å². The highest BCUT2D eigenvalue weighted by Gasteiger charge is 2.34. The van der Waals surface area contributed by atoms with Crippen LogP contribution in [0.5, 0.6) is 0 Å². The minimum absolute atomic E-state index is 0.289. The molecule has 0 aliphatic rings. The van der Waals surface area contributed by atoms with Crippen molar-refractivity contribution >= 4 is 11.0 Å². The molecule has 0 bridgehead atoms. The summed E-state index contributed by atoms with van der Waals surface area (Å²) in [5, 5.41) is 0. The van der Waals surface area contributed by atoms with Crippen LogP contribution in [0.15, 0.2) is 47.5 Å². The predicted octanol–water partition coefficient (Wildman–Crippen LogP) is 2.73. The summed E-state index contributed by atoms with van der Waals surface area (Å²) in [5.74, 6) is 0. The fourth-order valence-electron chi connectivity index (χ4n) is 2.10. The number of H-pyrrole nitrogens is 1. The van der Waals surface area contributed by atoms with Gasteiger partial charge in [-0.1, -0.05) is 12.1 Å². The smallest absolute Gasteiger partial charge is 0.305 e. The van der Waals surface area contributed by atoms with E-state index in [2.05, 4.69) is 9.97 Å². The first-order chi connectivity index (χ1) is 9.48. The predicted molar refractivity (Wildman–Crippen MR) is 66.7 cm³/mol. The van der Waals surface area contributed by atoms with Gasteiger partial charge in [0.15, 0.2) is 0 Å². The molecule has 0 radical (unpaired) electrons. The maximum absolute atomic E-state index is 13.0. The highest BCUT2D eigenvalue weighted by Crippen LogP contribution is 2.33. The molecule has 2 heterocycles. The Hall–Kier alpha value is -2.57. The summed E-state index contributed by atoms with van der Waals surface area (Å²) in [4.78, 5) is 18.1. The molecule has 0 aliphatic carbocycles. The second kappa shape index (κ2) is 4.22. The summed E-state index contributed by atoms with van der Waals surface area (Å²) in [6.07, 6.45) is -2.48. The lowest BCUT2D eigenvalue weighted by Gasteiger charge is -2.12. The van der Waals surface area contributed by atoms with Gasteiger partial charge in [0.05, 0.1) is 28.5 Å². The van der Waals surface area contributed by atoms with Crippen LogP contribution in [-0.4, -0.2) is 14.5 Å². The van der Waals surface area contributed by atoms with Gasteiger partial charge < -0.3 is 4.98 Å². The van der Waals surface area contributed by atoms with E-state index in [-0.39, 0.29) is 5.69 Å². The molecule has 0 amide bonds. The highest BCUT2D eigenvalue weighted by atomic mass is 19.4. The Morgan fingerprint density at radius 1 is 1.15 bits per heavy atom. The highest BCUT2D eigenvalue weighted by molar-refractivity contribution is 5.77. The number of para-hydroxylation sites is 2. The van der Waals surface area contributed by atoms with Crippen molar-refractivity contribution in [2.75, 3.05) is 0 Å². The molecule has 0 unspecified atom stereocenters. The van der Waals surface area contributed by atoms with Crippen LogP contribution < -0.4 is 5.69 Å². The largest absolute Gasteiger partial charge is 0.418 e. The second-order valence-electron chi connectivity index (χ2n) is 4.17. The van der Waals surface area contributed by atoms with Gasteiger partial charge in [0, 0.05) is 6.20 Å². The number of alkyl halides is 3. The number of nitrogens with zero attached hydrogens (tertiary/aromatic N) is 2. The molecular formula is C13H8F3N3O. The minimum Gasteiger partial charge on any atom is -0.305 e. The van der Waals surface area contributed by atoms with Gasteiger partial charge in [0.2, 0.25) is 0 Å². The van der Waals surface area contributed by atoms with Crippen LogP contribution in [0.3, 0.4) is 0 Å². The summed E-state index contributed by atoms with van der Waals surface area (Å²) < 4.78 is 40.0. The van der Waals surface area contributed by atoms with Crippen LogP contribution in [0.25, 0.3) is 16.7 Å². The molecule has 0 spiro atoms. The minimum atomic E-state index is -4.56. The molecule has 0 saturated carbocycles. The van der Waals surface area contributed by atoms with Crippen molar-refractivity contribution in [3.8, 4) is 5.69 Å². The molecule has 1 aromatic carbocycles. The number of nitrogens with one attached hydrogen (secondary N) is 1. The lowest BCUT2D eigenvalue weighted by Crippen LogP contribution is -2.19. The number of hydrogen-bond donors (Lipinski definition) is 1. The number of aromatic amines is 1. The molecule has 3 aromatic rings. The molecule has 7 heteroatoms. The number of fused-ring (bicyclic) bond motifs is 1. The molecule has 102 valence electrons. The van der Waals surface area contributed by atoms with Crippen molar-refractivity contribution in [1.29, 1.82) is 0 Å². The normalized spacial score (nSPS) is 11.9. The third-order valence-corrected chi connectivity index (χ3v) is 2.94. The SMILES string of the molecule is O=c1[nH]c2ccccc2n1-c1cnccc1C(F)(F)F. The number of imidazole rings is 1. The van der Waals surface area contributed by atoms with Crippen LogP contribution in [0, 0.1) is 0 Å². The molecule has 0 aliphatic heterocycles. The van der Waals surface area contributed by atoms with Crippen molar-refractivity contribution in [3.05, 3.63) is 58.8 Å². The molecule has 1 N–H and O–H groups in total. The summed E-state index contributed by atoms with van der Waals surface area (Å²) in [7, 11) is 0. The zero-order valence-corrected chi connectivity index (χ0v) is 9.98. The maximum atomic E-state index is 13.0. The van der Waals surface area contributed by atoms with Crippen molar-refractivity contribution in [3.63, 3.8) is 0 Å². The van der Waals surface area contributed by atoms with Crippen molar-refractivity contribution in [2.45, 2.75) is 6.18 Å². The number of rotatable bonds is 1. The zero-order valence-electron chi connectivity index (χ0n) is 9.98. The van der Waals surface area contributed by atoms with Crippen LogP contribution in [-0.2, 0) is 6.18 Å². The van der Waals surface area contributed by atoms with Crippen LogP contribution in [0.4, 0.5) is 13.2 Å². The Kier molecular flexibility index (Phi) is 2.63. The van der Waals surface area contributed by atoms with E-state index >= 15 is 0 Å². The Balaban J connectivity index is 2.38. The van der Waals surface area contributed by atoms with Gasteiger partial charge in [-0.3, -0.25) is 9.55 Å². The first-order valence-electron chi connectivity index (χ1n) is 5.70. The Morgan fingerprint density at radius 2 is 1.90 bits per heavy atom. The molecule has 0 fully saturated rings. The maximum Gasteiger partial charge on any atom is 0.418 e. The van der Waals surface area contributed by atoms with Gasteiger partial charge >= 0.3 is 11.9 Å². The molecular weight excluding hydrogens is 271 g/mol. The second-order valence-corrected chi connectivity index (χ2v) is 4.17. The van der Waals surface area contributed by atoms with E-state index in [1.165, 1.54) is 0 Å².